The molecule has 5 rings (SSSR count). The molecule has 282 valence electrons. The normalized spacial score (nSPS) is 34.7. The summed E-state index contributed by atoms with van der Waals surface area (Å²) < 4.78 is 43.1. The average molecular weight is 726 g/mol. The van der Waals surface area contributed by atoms with Gasteiger partial charge in [-0.2, -0.15) is 0 Å². The van der Waals surface area contributed by atoms with Crippen LogP contribution >= 0.6 is 0 Å². The predicted octanol–water partition coefficient (Wildman–Crippen LogP) is 7.68. The maximum absolute atomic E-state index is 13.8. The molecule has 51 heavy (non-hydrogen) atoms. The number of aromatic nitrogens is 1. The Morgan fingerprint density at radius 3 is 2.57 bits per heavy atom. The van der Waals surface area contributed by atoms with Crippen molar-refractivity contribution >= 4 is 26.3 Å². The monoisotopic (exact) mass is 725 g/mol. The second-order valence-electron chi connectivity index (χ2n) is 15.9. The number of ether oxygens (including phenoxy) is 5. The van der Waals surface area contributed by atoms with Crippen molar-refractivity contribution in [1.29, 1.82) is 0 Å². The Morgan fingerprint density at radius 1 is 1.14 bits per heavy atom. The average Bonchev–Trinajstić information content (AvgIpc) is 3.93. The van der Waals surface area contributed by atoms with Gasteiger partial charge in [0.1, 0.15) is 35.9 Å². The van der Waals surface area contributed by atoms with Crippen molar-refractivity contribution < 1.29 is 42.1 Å². The lowest BCUT2D eigenvalue weighted by Crippen LogP contribution is -2.47. The van der Waals surface area contributed by atoms with Crippen LogP contribution in [0.15, 0.2) is 52.2 Å². The van der Waals surface area contributed by atoms with E-state index in [1.54, 1.807) is 13.4 Å². The number of carbonyl (C=O) groups excluding carboxylic acids is 2. The minimum atomic E-state index is -2.11. The van der Waals surface area contributed by atoms with Crippen LogP contribution in [0.5, 0.6) is 0 Å². The number of oxazole rings is 1. The third kappa shape index (κ3) is 10.2. The molecule has 4 aliphatic heterocycles. The Bertz CT molecular complexity index is 1510. The number of nitrogens with zero attached hydrogens (tertiary/aromatic N) is 1. The number of methoxy groups -OCH3 is 1. The fourth-order valence-electron chi connectivity index (χ4n) is 7.83. The summed E-state index contributed by atoms with van der Waals surface area (Å²) in [4.78, 5) is 30.7. The molecule has 0 aromatic carbocycles. The Labute approximate surface area is 305 Å². The zero-order valence-electron chi connectivity index (χ0n) is 32.2. The van der Waals surface area contributed by atoms with Crippen LogP contribution in [0.1, 0.15) is 85.2 Å². The number of hydrogen-bond donors (Lipinski definition) is 0. The highest BCUT2D eigenvalue weighted by Crippen LogP contribution is 2.46. The summed E-state index contributed by atoms with van der Waals surface area (Å²) in [5.74, 6) is -0.0674. The molecular formula is C40H59NO9Si. The molecule has 0 radical (unpaired) electrons. The van der Waals surface area contributed by atoms with Gasteiger partial charge >= 0.3 is 11.9 Å². The lowest BCUT2D eigenvalue weighted by Gasteiger charge is -2.37. The number of cyclic esters (lactones) is 1. The second-order valence-corrected chi connectivity index (χ2v) is 20.2. The maximum atomic E-state index is 13.8. The molecule has 10 nitrogen and oxygen atoms in total. The molecule has 2 bridgehead atoms. The van der Waals surface area contributed by atoms with E-state index in [1.807, 2.05) is 45.1 Å². The van der Waals surface area contributed by atoms with Crippen molar-refractivity contribution in [3.05, 3.63) is 59.4 Å². The highest BCUT2D eigenvalue weighted by atomic mass is 28.4. The van der Waals surface area contributed by atoms with Gasteiger partial charge in [-0.05, 0) is 75.9 Å². The van der Waals surface area contributed by atoms with Crippen molar-refractivity contribution in [2.45, 2.75) is 148 Å². The molecule has 0 aliphatic carbocycles. The summed E-state index contributed by atoms with van der Waals surface area (Å²) in [5.41, 5.74) is 2.18. The molecule has 11 atom stereocenters. The number of hydrogen-bond acceptors (Lipinski definition) is 10. The van der Waals surface area contributed by atoms with Gasteiger partial charge in [0.15, 0.2) is 20.3 Å². The van der Waals surface area contributed by atoms with E-state index in [9.17, 15) is 9.59 Å². The van der Waals surface area contributed by atoms with Crippen molar-refractivity contribution in [3.8, 4) is 0 Å². The van der Waals surface area contributed by atoms with E-state index >= 15 is 0 Å². The van der Waals surface area contributed by atoms with E-state index in [1.165, 1.54) is 0 Å². The first-order valence-corrected chi connectivity index (χ1v) is 21.8. The van der Waals surface area contributed by atoms with E-state index in [0.717, 1.165) is 35.7 Å². The molecule has 3 fully saturated rings. The summed E-state index contributed by atoms with van der Waals surface area (Å²) in [5, 5.41) is 0. The van der Waals surface area contributed by atoms with Crippen LogP contribution in [0.25, 0.3) is 6.08 Å². The third-order valence-corrected chi connectivity index (χ3v) is 13.5. The van der Waals surface area contributed by atoms with Gasteiger partial charge in [0.05, 0.1) is 18.3 Å². The molecule has 5 heterocycles. The minimum Gasteiger partial charge on any atom is -0.462 e. The van der Waals surface area contributed by atoms with Gasteiger partial charge in [-0.25, -0.2) is 9.78 Å². The molecule has 0 spiro atoms. The SMILES string of the molecule is CCC[Si](C)(C)O[C@H]1C[C@@H]([C@H](C)[C@@H](OC)C(C)=CC=CC(C)=Cc2coc(C)n2)OC(=O)[C@@H]2O[C@H]2C[C@H]2CC(=O)O[C@H](C2)[C@H](C)C=C[C@H]2O[C@]12C. The Hall–Kier alpha value is -2.83. The van der Waals surface area contributed by atoms with Crippen LogP contribution in [0, 0.1) is 24.7 Å². The minimum absolute atomic E-state index is 0.0223. The van der Waals surface area contributed by atoms with Crippen molar-refractivity contribution in [2.75, 3.05) is 7.11 Å². The molecule has 3 saturated heterocycles. The molecule has 1 aromatic heterocycles. The van der Waals surface area contributed by atoms with Crippen LogP contribution in [0.3, 0.4) is 0 Å². The predicted molar refractivity (Wildman–Crippen MR) is 197 cm³/mol. The first-order valence-electron chi connectivity index (χ1n) is 18.7. The third-order valence-electron chi connectivity index (χ3n) is 10.9. The number of esters is 2. The van der Waals surface area contributed by atoms with Crippen LogP contribution in [0.4, 0.5) is 0 Å². The van der Waals surface area contributed by atoms with Gasteiger partial charge in [0.2, 0.25) is 0 Å². The Balaban J connectivity index is 1.42. The van der Waals surface area contributed by atoms with Gasteiger partial charge < -0.3 is 32.5 Å². The first-order chi connectivity index (χ1) is 24.1. The quantitative estimate of drug-likeness (QED) is 0.0738. The maximum Gasteiger partial charge on any atom is 0.338 e. The lowest BCUT2D eigenvalue weighted by molar-refractivity contribution is -0.159. The summed E-state index contributed by atoms with van der Waals surface area (Å²) >= 11 is 0. The van der Waals surface area contributed by atoms with Crippen molar-refractivity contribution in [1.82, 2.24) is 4.98 Å². The van der Waals surface area contributed by atoms with Crippen LogP contribution in [-0.2, 0) is 37.7 Å². The van der Waals surface area contributed by atoms with E-state index in [2.05, 4.69) is 57.9 Å². The van der Waals surface area contributed by atoms with Gasteiger partial charge in [0.25, 0.3) is 0 Å². The van der Waals surface area contributed by atoms with Gasteiger partial charge in [0, 0.05) is 38.7 Å². The van der Waals surface area contributed by atoms with Gasteiger partial charge in [-0.15, -0.1) is 0 Å². The topological polar surface area (TPSA) is 122 Å². The Kier molecular flexibility index (Phi) is 12.7. The van der Waals surface area contributed by atoms with E-state index in [-0.39, 0.29) is 60.2 Å². The number of allylic oxidation sites excluding steroid dienone is 4. The summed E-state index contributed by atoms with van der Waals surface area (Å²) in [6, 6.07) is 1.00. The van der Waals surface area contributed by atoms with Crippen LogP contribution < -0.4 is 0 Å². The lowest BCUT2D eigenvalue weighted by atomic mass is 9.84. The number of carbonyl (C=O) groups is 2. The summed E-state index contributed by atoms with van der Waals surface area (Å²) in [6.45, 7) is 18.8. The van der Waals surface area contributed by atoms with E-state index in [4.69, 9.17) is 32.5 Å². The standard InChI is InChI=1S/C40H59NO9Si/c1-11-17-51(9,10)50-35-22-32(27(5)37(44-8)26(4)14-12-13-24(2)18-30-23-45-28(6)41-30)48-39(43)38-33(47-38)20-29-19-31(46-36(42)21-29)25(3)15-16-34-40(35,7)49-34/h12-16,18,23,25,27,29,31-35,37-38H,11,17,19-22H2,1-10H3/t25-,27+,29+,31-,32+,33+,34-,35+,37+,38-,40+/m1/s1. The smallest absolute Gasteiger partial charge is 0.338 e. The molecule has 1 aromatic rings. The highest BCUT2D eigenvalue weighted by Gasteiger charge is 2.59. The fourth-order valence-corrected chi connectivity index (χ4v) is 10.3. The van der Waals surface area contributed by atoms with Gasteiger partial charge in [-0.1, -0.05) is 57.6 Å². The fraction of sp³-hybridized carbons (Fsp3) is 0.675. The largest absolute Gasteiger partial charge is 0.462 e. The zero-order valence-corrected chi connectivity index (χ0v) is 33.2. The Morgan fingerprint density at radius 2 is 1.88 bits per heavy atom. The second kappa shape index (κ2) is 16.5. The number of epoxide rings is 2. The molecule has 0 N–H and O–H groups in total. The van der Waals surface area contributed by atoms with Crippen molar-refractivity contribution in [3.63, 3.8) is 0 Å². The van der Waals surface area contributed by atoms with Crippen LogP contribution in [-0.4, -0.2) is 80.7 Å². The molecule has 11 heteroatoms. The first kappa shape index (κ1) is 39.4. The molecular weight excluding hydrogens is 667 g/mol. The highest BCUT2D eigenvalue weighted by molar-refractivity contribution is 6.71. The molecule has 0 saturated carbocycles. The summed E-state index contributed by atoms with van der Waals surface area (Å²) in [6.07, 6.45) is 14.5. The van der Waals surface area contributed by atoms with Gasteiger partial charge in [-0.3, -0.25) is 4.79 Å². The number of fused-ring (bicyclic) bond motifs is 4. The number of aryl methyl sites for hydroxylation is 1. The zero-order chi connectivity index (χ0) is 37.1. The molecule has 4 aliphatic rings. The van der Waals surface area contributed by atoms with E-state index < -0.39 is 26.1 Å². The summed E-state index contributed by atoms with van der Waals surface area (Å²) in [7, 11) is -0.414. The number of rotatable bonds is 11. The van der Waals surface area contributed by atoms with E-state index in [0.29, 0.717) is 25.2 Å². The molecule has 0 unspecified atom stereocenters. The molecule has 0 amide bonds. The van der Waals surface area contributed by atoms with Crippen LogP contribution in [0.2, 0.25) is 19.1 Å². The van der Waals surface area contributed by atoms with Crippen molar-refractivity contribution in [2.24, 2.45) is 17.8 Å².